The number of aryl methyl sites for hydroxylation is 1. The fraction of sp³-hybridized carbons (Fsp3) is 0.467. The molecule has 1 aromatic carbocycles. The average molecular weight is 293 g/mol. The zero-order chi connectivity index (χ0) is 15.4. The summed E-state index contributed by atoms with van der Waals surface area (Å²) in [6.07, 6.45) is 1.55. The van der Waals surface area contributed by atoms with E-state index in [-0.39, 0.29) is 24.3 Å². The van der Waals surface area contributed by atoms with E-state index in [0.717, 1.165) is 25.9 Å². The van der Waals surface area contributed by atoms with E-state index < -0.39 is 5.91 Å². The van der Waals surface area contributed by atoms with Gasteiger partial charge in [-0.2, -0.15) is 0 Å². The van der Waals surface area contributed by atoms with E-state index in [1.807, 2.05) is 0 Å². The molecule has 21 heavy (non-hydrogen) atoms. The SMILES string of the molecule is Cc1cc(F)ccc1C(=O)N(CC(N)=O)C1CCNCC1. The molecule has 2 amide bonds. The third kappa shape index (κ3) is 3.78. The standard InChI is InChI=1S/C15H20FN3O2/c1-10-8-11(16)2-3-13(10)15(21)19(9-14(17)20)12-4-6-18-7-5-12/h2-3,8,12,18H,4-7,9H2,1H3,(H2,17,20). The number of rotatable bonds is 4. The largest absolute Gasteiger partial charge is 0.368 e. The van der Waals surface area contributed by atoms with Gasteiger partial charge in [0.1, 0.15) is 5.82 Å². The molecule has 1 heterocycles. The molecule has 3 N–H and O–H groups in total. The molecule has 5 nitrogen and oxygen atoms in total. The second kappa shape index (κ2) is 6.67. The Morgan fingerprint density at radius 1 is 1.38 bits per heavy atom. The lowest BCUT2D eigenvalue weighted by Gasteiger charge is -2.34. The summed E-state index contributed by atoms with van der Waals surface area (Å²) >= 11 is 0. The van der Waals surface area contributed by atoms with E-state index in [2.05, 4.69) is 5.32 Å². The van der Waals surface area contributed by atoms with Gasteiger partial charge in [-0.3, -0.25) is 9.59 Å². The maximum absolute atomic E-state index is 13.2. The summed E-state index contributed by atoms with van der Waals surface area (Å²) in [6, 6.07) is 4.02. The molecular weight excluding hydrogens is 273 g/mol. The van der Waals surface area contributed by atoms with Crippen LogP contribution in [-0.2, 0) is 4.79 Å². The summed E-state index contributed by atoms with van der Waals surface area (Å²) in [4.78, 5) is 25.5. The zero-order valence-corrected chi connectivity index (χ0v) is 12.1. The quantitative estimate of drug-likeness (QED) is 0.863. The second-order valence-corrected chi connectivity index (χ2v) is 5.34. The maximum atomic E-state index is 13.2. The monoisotopic (exact) mass is 293 g/mol. The van der Waals surface area contributed by atoms with Gasteiger partial charge in [0.15, 0.2) is 0 Å². The van der Waals surface area contributed by atoms with Crippen LogP contribution < -0.4 is 11.1 Å². The van der Waals surface area contributed by atoms with Crippen molar-refractivity contribution >= 4 is 11.8 Å². The summed E-state index contributed by atoms with van der Waals surface area (Å²) in [5.41, 5.74) is 6.24. The van der Waals surface area contributed by atoms with Gasteiger partial charge in [-0.1, -0.05) is 0 Å². The average Bonchev–Trinajstić information content (AvgIpc) is 2.45. The number of hydrogen-bond acceptors (Lipinski definition) is 3. The molecule has 0 radical (unpaired) electrons. The predicted octanol–water partition coefficient (Wildman–Crippen LogP) is 0.814. The molecule has 0 saturated carbocycles. The van der Waals surface area contributed by atoms with Gasteiger partial charge in [0.2, 0.25) is 5.91 Å². The van der Waals surface area contributed by atoms with E-state index in [0.29, 0.717) is 11.1 Å². The third-order valence-corrected chi connectivity index (χ3v) is 3.76. The Balaban J connectivity index is 2.26. The van der Waals surface area contributed by atoms with Gasteiger partial charge in [0, 0.05) is 11.6 Å². The highest BCUT2D eigenvalue weighted by Crippen LogP contribution is 2.18. The number of carbonyl (C=O) groups excluding carboxylic acids is 2. The molecule has 0 unspecified atom stereocenters. The number of piperidine rings is 1. The first-order chi connectivity index (χ1) is 9.99. The topological polar surface area (TPSA) is 75.4 Å². The molecule has 1 aliphatic heterocycles. The van der Waals surface area contributed by atoms with Crippen molar-refractivity contribution in [2.45, 2.75) is 25.8 Å². The molecule has 1 saturated heterocycles. The Kier molecular flexibility index (Phi) is 4.90. The van der Waals surface area contributed by atoms with Crippen molar-refractivity contribution in [2.75, 3.05) is 19.6 Å². The van der Waals surface area contributed by atoms with E-state index in [4.69, 9.17) is 5.73 Å². The molecule has 2 rings (SSSR count). The zero-order valence-electron chi connectivity index (χ0n) is 12.1. The number of primary amides is 1. The first-order valence-corrected chi connectivity index (χ1v) is 7.05. The number of amides is 2. The number of carbonyl (C=O) groups is 2. The molecule has 0 spiro atoms. The summed E-state index contributed by atoms with van der Waals surface area (Å²) in [7, 11) is 0. The highest BCUT2D eigenvalue weighted by atomic mass is 19.1. The van der Waals surface area contributed by atoms with Crippen molar-refractivity contribution < 1.29 is 14.0 Å². The highest BCUT2D eigenvalue weighted by molar-refractivity contribution is 5.97. The van der Waals surface area contributed by atoms with Gasteiger partial charge in [0.25, 0.3) is 5.91 Å². The number of nitrogens with zero attached hydrogens (tertiary/aromatic N) is 1. The van der Waals surface area contributed by atoms with Gasteiger partial charge in [-0.25, -0.2) is 4.39 Å². The molecule has 0 bridgehead atoms. The van der Waals surface area contributed by atoms with Crippen molar-refractivity contribution in [3.63, 3.8) is 0 Å². The summed E-state index contributed by atoms with van der Waals surface area (Å²) < 4.78 is 13.2. The Morgan fingerprint density at radius 3 is 2.62 bits per heavy atom. The Bertz CT molecular complexity index is 542. The van der Waals surface area contributed by atoms with E-state index in [9.17, 15) is 14.0 Å². The number of benzene rings is 1. The van der Waals surface area contributed by atoms with Crippen LogP contribution in [-0.4, -0.2) is 42.4 Å². The van der Waals surface area contributed by atoms with Crippen LogP contribution in [0.25, 0.3) is 0 Å². The van der Waals surface area contributed by atoms with Crippen molar-refractivity contribution in [1.29, 1.82) is 0 Å². The lowest BCUT2D eigenvalue weighted by atomic mass is 10.0. The van der Waals surface area contributed by atoms with Crippen molar-refractivity contribution in [3.8, 4) is 0 Å². The van der Waals surface area contributed by atoms with Gasteiger partial charge < -0.3 is 16.0 Å². The van der Waals surface area contributed by atoms with Gasteiger partial charge in [0.05, 0.1) is 6.54 Å². The third-order valence-electron chi connectivity index (χ3n) is 3.76. The van der Waals surface area contributed by atoms with E-state index in [1.165, 1.54) is 23.1 Å². The molecule has 1 aromatic rings. The van der Waals surface area contributed by atoms with Crippen LogP contribution in [0, 0.1) is 12.7 Å². The van der Waals surface area contributed by atoms with Crippen LogP contribution in [0.5, 0.6) is 0 Å². The smallest absolute Gasteiger partial charge is 0.254 e. The summed E-state index contributed by atoms with van der Waals surface area (Å²) in [5, 5.41) is 3.22. The molecule has 1 aliphatic rings. The molecule has 0 atom stereocenters. The minimum absolute atomic E-state index is 0.0179. The normalized spacial score (nSPS) is 15.7. The highest BCUT2D eigenvalue weighted by Gasteiger charge is 2.28. The maximum Gasteiger partial charge on any atom is 0.254 e. The van der Waals surface area contributed by atoms with Crippen LogP contribution in [0.4, 0.5) is 4.39 Å². The van der Waals surface area contributed by atoms with Crippen LogP contribution in [0.2, 0.25) is 0 Å². The van der Waals surface area contributed by atoms with Crippen LogP contribution in [0.3, 0.4) is 0 Å². The number of halogens is 1. The Labute approximate surface area is 123 Å². The fourth-order valence-corrected chi connectivity index (χ4v) is 2.67. The number of nitrogens with two attached hydrogens (primary N) is 1. The van der Waals surface area contributed by atoms with E-state index in [1.54, 1.807) is 6.92 Å². The van der Waals surface area contributed by atoms with Crippen molar-refractivity contribution in [2.24, 2.45) is 5.73 Å². The second-order valence-electron chi connectivity index (χ2n) is 5.34. The number of nitrogens with one attached hydrogen (secondary N) is 1. The molecular formula is C15H20FN3O2. The molecule has 0 aliphatic carbocycles. The number of hydrogen-bond donors (Lipinski definition) is 2. The minimum Gasteiger partial charge on any atom is -0.368 e. The van der Waals surface area contributed by atoms with Gasteiger partial charge in [-0.05, 0) is 56.6 Å². The minimum atomic E-state index is -0.540. The first-order valence-electron chi connectivity index (χ1n) is 7.05. The molecule has 1 fully saturated rings. The van der Waals surface area contributed by atoms with Crippen molar-refractivity contribution in [1.82, 2.24) is 10.2 Å². The Hall–Kier alpha value is -1.95. The van der Waals surface area contributed by atoms with Crippen LogP contribution in [0.1, 0.15) is 28.8 Å². The summed E-state index contributed by atoms with van der Waals surface area (Å²) in [5.74, 6) is -1.19. The first kappa shape index (κ1) is 15.4. The summed E-state index contributed by atoms with van der Waals surface area (Å²) in [6.45, 7) is 3.17. The molecule has 114 valence electrons. The molecule has 6 heteroatoms. The fourth-order valence-electron chi connectivity index (χ4n) is 2.67. The van der Waals surface area contributed by atoms with E-state index >= 15 is 0 Å². The van der Waals surface area contributed by atoms with Crippen LogP contribution in [0.15, 0.2) is 18.2 Å². The lowest BCUT2D eigenvalue weighted by molar-refractivity contribution is -0.119. The Morgan fingerprint density at radius 2 is 2.05 bits per heavy atom. The van der Waals surface area contributed by atoms with Crippen LogP contribution >= 0.6 is 0 Å². The lowest BCUT2D eigenvalue weighted by Crippen LogP contribution is -2.49. The van der Waals surface area contributed by atoms with Gasteiger partial charge in [-0.15, -0.1) is 0 Å². The van der Waals surface area contributed by atoms with Crippen molar-refractivity contribution in [3.05, 3.63) is 35.1 Å². The van der Waals surface area contributed by atoms with Gasteiger partial charge >= 0.3 is 0 Å². The predicted molar refractivity (Wildman–Crippen MR) is 77.3 cm³/mol. The molecule has 0 aromatic heterocycles.